The van der Waals surface area contributed by atoms with E-state index in [4.69, 9.17) is 0 Å². The molecule has 0 fully saturated rings. The summed E-state index contributed by atoms with van der Waals surface area (Å²) in [4.78, 5) is 5.86. The van der Waals surface area contributed by atoms with E-state index in [1.165, 1.54) is 0 Å². The Bertz CT molecular complexity index is 131. The van der Waals surface area contributed by atoms with Gasteiger partial charge in [-0.1, -0.05) is 0 Å². The molecule has 0 heterocycles. The first-order chi connectivity index (χ1) is 3.91. The molecule has 0 spiro atoms. The van der Waals surface area contributed by atoms with Gasteiger partial charge in [-0.05, 0) is 0 Å². The van der Waals surface area contributed by atoms with Gasteiger partial charge in [-0.25, -0.2) is 0 Å². The first-order valence-electron chi connectivity index (χ1n) is 1.97. The van der Waals surface area contributed by atoms with E-state index in [0.717, 1.165) is 0 Å². The van der Waals surface area contributed by atoms with Crippen LogP contribution in [-0.4, -0.2) is 29.9 Å². The van der Waals surface area contributed by atoms with Crippen LogP contribution < -0.4 is 0 Å². The Morgan fingerprint density at radius 3 is 1.50 bits per heavy atom. The molecule has 2 heteroatoms. The number of rotatable bonds is 0. The summed E-state index contributed by atoms with van der Waals surface area (Å²) in [6, 6.07) is 0. The molecule has 0 N–H and O–H groups in total. The van der Waals surface area contributed by atoms with E-state index < -0.39 is 0 Å². The summed E-state index contributed by atoms with van der Waals surface area (Å²) in [6.45, 7) is 0. The van der Waals surface area contributed by atoms with Crippen LogP contribution in [0.25, 0.3) is 0 Å². The number of hydrogen-bond donors (Lipinski definition) is 0. The predicted molar refractivity (Wildman–Crippen MR) is 38.8 cm³/mol. The summed E-state index contributed by atoms with van der Waals surface area (Å²) < 4.78 is 0. The van der Waals surface area contributed by atoms with Gasteiger partial charge in [-0.15, -0.1) is 0 Å². The van der Waals surface area contributed by atoms with Crippen molar-refractivity contribution in [2.24, 2.45) is 0 Å². The zero-order valence-corrected chi connectivity index (χ0v) is 8.24. The maximum absolute atomic E-state index is 2.93. The van der Waals surface area contributed by atoms with Gasteiger partial charge in [0.2, 0.25) is 0 Å². The average molecular weight is 236 g/mol. The standard InChI is InChI=1S/C6H6Se2/c1-7-5-3-4-6-8-2/h1-2H3. The summed E-state index contributed by atoms with van der Waals surface area (Å²) in [5.74, 6) is 9.70. The van der Waals surface area contributed by atoms with Crippen LogP contribution in [0.15, 0.2) is 0 Å². The van der Waals surface area contributed by atoms with Crippen LogP contribution in [0.2, 0.25) is 11.6 Å². The zero-order chi connectivity index (χ0) is 6.24. The normalized spacial score (nSPS) is 5.75. The van der Waals surface area contributed by atoms with Gasteiger partial charge < -0.3 is 0 Å². The third kappa shape index (κ3) is 6.16. The van der Waals surface area contributed by atoms with E-state index >= 15 is 0 Å². The molecule has 8 heavy (non-hydrogen) atoms. The SMILES string of the molecule is C[Se]C#CC#C[Se]C. The molecular weight excluding hydrogens is 230 g/mol. The molecule has 0 unspecified atom stereocenters. The Hall–Kier alpha value is 0.159. The van der Waals surface area contributed by atoms with Crippen LogP contribution in [-0.2, 0) is 0 Å². The first kappa shape index (κ1) is 8.16. The summed E-state index contributed by atoms with van der Waals surface area (Å²) >= 11 is 0.935. The molecule has 0 saturated heterocycles. The van der Waals surface area contributed by atoms with Crippen molar-refractivity contribution in [1.82, 2.24) is 0 Å². The average Bonchev–Trinajstić information content (AvgIpc) is 1.81. The fourth-order valence-electron chi connectivity index (χ4n) is 0.153. The Morgan fingerprint density at radius 2 is 1.25 bits per heavy atom. The van der Waals surface area contributed by atoms with E-state index in [0.29, 0.717) is 29.9 Å². The fourth-order valence-corrected chi connectivity index (χ4v) is 0.795. The Morgan fingerprint density at radius 1 is 0.875 bits per heavy atom. The van der Waals surface area contributed by atoms with Gasteiger partial charge in [-0.3, -0.25) is 0 Å². The molecule has 0 aliphatic carbocycles. The molecule has 0 aromatic heterocycles. The molecule has 0 atom stereocenters. The van der Waals surface area contributed by atoms with Gasteiger partial charge in [0.15, 0.2) is 0 Å². The van der Waals surface area contributed by atoms with Crippen LogP contribution in [0.3, 0.4) is 0 Å². The van der Waals surface area contributed by atoms with Crippen molar-refractivity contribution in [2.45, 2.75) is 11.6 Å². The van der Waals surface area contributed by atoms with Crippen molar-refractivity contribution < 1.29 is 0 Å². The predicted octanol–water partition coefficient (Wildman–Crippen LogP) is 0.413. The monoisotopic (exact) mass is 238 g/mol. The second kappa shape index (κ2) is 7.16. The quantitative estimate of drug-likeness (QED) is 0.422. The van der Waals surface area contributed by atoms with E-state index in [9.17, 15) is 0 Å². The zero-order valence-electron chi connectivity index (χ0n) is 4.82. The van der Waals surface area contributed by atoms with E-state index in [1.807, 2.05) is 0 Å². The van der Waals surface area contributed by atoms with Crippen LogP contribution in [0.5, 0.6) is 0 Å². The first-order valence-corrected chi connectivity index (χ1v) is 7.11. The Balaban J connectivity index is 3.40. The van der Waals surface area contributed by atoms with Crippen molar-refractivity contribution in [1.29, 1.82) is 0 Å². The van der Waals surface area contributed by atoms with Crippen molar-refractivity contribution in [3.8, 4) is 21.5 Å². The van der Waals surface area contributed by atoms with Gasteiger partial charge in [0.1, 0.15) is 0 Å². The summed E-state index contributed by atoms with van der Waals surface area (Å²) in [5, 5.41) is 0. The summed E-state index contributed by atoms with van der Waals surface area (Å²) in [7, 11) is 0. The molecule has 0 amide bonds. The molecule has 0 radical (unpaired) electrons. The summed E-state index contributed by atoms with van der Waals surface area (Å²) in [6.07, 6.45) is 0. The second-order valence-electron chi connectivity index (χ2n) is 0.862. The van der Waals surface area contributed by atoms with Crippen molar-refractivity contribution in [3.05, 3.63) is 0 Å². The van der Waals surface area contributed by atoms with Crippen LogP contribution >= 0.6 is 0 Å². The molecule has 0 rings (SSSR count). The molecule has 0 aliphatic rings. The van der Waals surface area contributed by atoms with Gasteiger partial charge >= 0.3 is 63.0 Å². The van der Waals surface area contributed by atoms with Crippen LogP contribution in [0.4, 0.5) is 0 Å². The van der Waals surface area contributed by atoms with E-state index in [1.54, 1.807) is 0 Å². The molecular formula is C6H6Se2. The Kier molecular flexibility index (Phi) is 7.30. The fraction of sp³-hybridized carbons (Fsp3) is 0.333. The van der Waals surface area contributed by atoms with Crippen molar-refractivity contribution in [2.75, 3.05) is 0 Å². The second-order valence-corrected chi connectivity index (χ2v) is 3.43. The molecule has 42 valence electrons. The van der Waals surface area contributed by atoms with Gasteiger partial charge in [0, 0.05) is 0 Å². The van der Waals surface area contributed by atoms with Gasteiger partial charge in [0.05, 0.1) is 0 Å². The molecule has 0 aliphatic heterocycles. The topological polar surface area (TPSA) is 0 Å². The van der Waals surface area contributed by atoms with Crippen molar-refractivity contribution in [3.63, 3.8) is 0 Å². The maximum atomic E-state index is 2.93. The molecule has 0 nitrogen and oxygen atoms in total. The molecule has 0 saturated carbocycles. The Labute approximate surface area is 63.1 Å². The van der Waals surface area contributed by atoms with E-state index in [-0.39, 0.29) is 0 Å². The van der Waals surface area contributed by atoms with Crippen LogP contribution in [0.1, 0.15) is 0 Å². The third-order valence-corrected chi connectivity index (χ3v) is 1.65. The molecule has 0 aromatic carbocycles. The molecule has 0 aromatic rings. The van der Waals surface area contributed by atoms with Crippen LogP contribution in [0, 0.1) is 21.5 Å². The van der Waals surface area contributed by atoms with Crippen molar-refractivity contribution >= 4 is 29.9 Å². The number of hydrogen-bond acceptors (Lipinski definition) is 0. The minimum atomic E-state index is 0.468. The van der Waals surface area contributed by atoms with Gasteiger partial charge in [0.25, 0.3) is 0 Å². The summed E-state index contributed by atoms with van der Waals surface area (Å²) in [5.41, 5.74) is 0. The minimum absolute atomic E-state index is 0.468. The molecule has 0 bridgehead atoms. The van der Waals surface area contributed by atoms with E-state index in [2.05, 4.69) is 33.1 Å². The van der Waals surface area contributed by atoms with Gasteiger partial charge in [-0.2, -0.15) is 0 Å². The third-order valence-electron chi connectivity index (χ3n) is 0.369.